The largest absolute Gasteiger partial charge is 0.467 e. The van der Waals surface area contributed by atoms with Crippen LogP contribution in [0.4, 0.5) is 0 Å². The van der Waals surface area contributed by atoms with Crippen LogP contribution in [0.15, 0.2) is 22.8 Å². The van der Waals surface area contributed by atoms with E-state index in [0.717, 1.165) is 0 Å². The molecule has 56 valence electrons. The molecule has 0 aliphatic carbocycles. The Morgan fingerprint density at radius 1 is 1.70 bits per heavy atom. The van der Waals surface area contributed by atoms with E-state index in [9.17, 15) is 5.11 Å². The van der Waals surface area contributed by atoms with Gasteiger partial charge in [-0.05, 0) is 25.1 Å². The highest BCUT2D eigenvalue weighted by molar-refractivity contribution is 5.01. The minimum absolute atomic E-state index is 0.474. The van der Waals surface area contributed by atoms with Crippen LogP contribution in [-0.2, 0) is 0 Å². The second-order valence-electron chi connectivity index (χ2n) is 2.11. The molecule has 3 nitrogen and oxygen atoms in total. The molecular weight excluding hydrogens is 130 g/mol. The van der Waals surface area contributed by atoms with Crippen LogP contribution < -0.4 is 5.73 Å². The van der Waals surface area contributed by atoms with Crippen LogP contribution in [-0.4, -0.2) is 11.7 Å². The predicted octanol–water partition coefficient (Wildman–Crippen LogP) is 0.662. The quantitative estimate of drug-likeness (QED) is 0.650. The van der Waals surface area contributed by atoms with Crippen molar-refractivity contribution in [3.8, 4) is 0 Å². The molecule has 1 aromatic heterocycles. The Balaban J connectivity index is 2.50. The average molecular weight is 141 g/mol. The maximum absolute atomic E-state index is 9.24. The van der Waals surface area contributed by atoms with Crippen molar-refractivity contribution in [3.63, 3.8) is 0 Å². The normalized spacial score (nSPS) is 13.4. The zero-order valence-electron chi connectivity index (χ0n) is 5.66. The summed E-state index contributed by atoms with van der Waals surface area (Å²) < 4.78 is 4.94. The first kappa shape index (κ1) is 7.31. The van der Waals surface area contributed by atoms with Crippen LogP contribution >= 0.6 is 0 Å². The van der Waals surface area contributed by atoms with E-state index in [-0.39, 0.29) is 0 Å². The molecule has 1 aromatic rings. The molecule has 1 rings (SSSR count). The molecule has 0 aliphatic rings. The van der Waals surface area contributed by atoms with Gasteiger partial charge in [0.15, 0.2) is 0 Å². The molecule has 0 bridgehead atoms. The van der Waals surface area contributed by atoms with Gasteiger partial charge in [-0.2, -0.15) is 0 Å². The van der Waals surface area contributed by atoms with Crippen LogP contribution in [0, 0.1) is 0 Å². The fourth-order valence-electron chi connectivity index (χ4n) is 0.781. The summed E-state index contributed by atoms with van der Waals surface area (Å²) in [4.78, 5) is 0. The maximum Gasteiger partial charge on any atom is 0.132 e. The Morgan fingerprint density at radius 3 is 3.00 bits per heavy atom. The fraction of sp³-hybridized carbons (Fsp3) is 0.429. The van der Waals surface area contributed by atoms with Crippen LogP contribution in [0.5, 0.6) is 0 Å². The number of aliphatic hydroxyl groups is 1. The molecular formula is C7H11NO2. The van der Waals surface area contributed by atoms with Crippen molar-refractivity contribution in [1.82, 2.24) is 0 Å². The molecule has 0 aliphatic heterocycles. The molecule has 1 atom stereocenters. The van der Waals surface area contributed by atoms with Crippen LogP contribution in [0.2, 0.25) is 0 Å². The zero-order chi connectivity index (χ0) is 7.40. The first-order chi connectivity index (χ1) is 4.84. The van der Waals surface area contributed by atoms with E-state index >= 15 is 0 Å². The van der Waals surface area contributed by atoms with Crippen molar-refractivity contribution in [3.05, 3.63) is 24.2 Å². The summed E-state index contributed by atoms with van der Waals surface area (Å²) in [5.41, 5.74) is 5.23. The van der Waals surface area contributed by atoms with E-state index in [4.69, 9.17) is 10.2 Å². The Kier molecular flexibility index (Phi) is 2.48. The molecule has 3 N–H and O–H groups in total. The summed E-state index contributed by atoms with van der Waals surface area (Å²) in [5.74, 6) is 0.588. The average Bonchev–Trinajstić information content (AvgIpc) is 2.38. The van der Waals surface area contributed by atoms with E-state index in [2.05, 4.69) is 0 Å². The summed E-state index contributed by atoms with van der Waals surface area (Å²) >= 11 is 0. The smallest absolute Gasteiger partial charge is 0.132 e. The maximum atomic E-state index is 9.24. The lowest BCUT2D eigenvalue weighted by atomic mass is 10.2. The Bertz CT molecular complexity index is 172. The van der Waals surface area contributed by atoms with Gasteiger partial charge in [-0.1, -0.05) is 0 Å². The highest BCUT2D eigenvalue weighted by Crippen LogP contribution is 2.14. The van der Waals surface area contributed by atoms with Crippen molar-refractivity contribution in [2.45, 2.75) is 12.5 Å². The van der Waals surface area contributed by atoms with Crippen LogP contribution in [0.3, 0.4) is 0 Å². The van der Waals surface area contributed by atoms with Gasteiger partial charge >= 0.3 is 0 Å². The second kappa shape index (κ2) is 3.39. The fourth-order valence-corrected chi connectivity index (χ4v) is 0.781. The van der Waals surface area contributed by atoms with E-state index in [1.165, 1.54) is 6.26 Å². The summed E-state index contributed by atoms with van der Waals surface area (Å²) in [6, 6.07) is 3.48. The summed E-state index contributed by atoms with van der Waals surface area (Å²) in [5, 5.41) is 9.24. The lowest BCUT2D eigenvalue weighted by Crippen LogP contribution is -2.05. The van der Waals surface area contributed by atoms with Crippen LogP contribution in [0.25, 0.3) is 0 Å². The third-order valence-corrected chi connectivity index (χ3v) is 1.31. The number of hydrogen-bond donors (Lipinski definition) is 2. The number of nitrogens with two attached hydrogens (primary N) is 1. The Hall–Kier alpha value is -0.800. The van der Waals surface area contributed by atoms with E-state index in [0.29, 0.717) is 18.7 Å². The lowest BCUT2D eigenvalue weighted by molar-refractivity contribution is 0.143. The van der Waals surface area contributed by atoms with E-state index in [1.807, 2.05) is 0 Å². The molecule has 0 saturated heterocycles. The number of furan rings is 1. The molecule has 1 heterocycles. The van der Waals surface area contributed by atoms with Crippen molar-refractivity contribution >= 4 is 0 Å². The van der Waals surface area contributed by atoms with E-state index < -0.39 is 6.10 Å². The van der Waals surface area contributed by atoms with Gasteiger partial charge in [0.1, 0.15) is 11.9 Å². The topological polar surface area (TPSA) is 59.4 Å². The van der Waals surface area contributed by atoms with Gasteiger partial charge in [0.25, 0.3) is 0 Å². The summed E-state index contributed by atoms with van der Waals surface area (Å²) in [6.45, 7) is 0.474. The highest BCUT2D eigenvalue weighted by atomic mass is 16.4. The Labute approximate surface area is 59.5 Å². The van der Waals surface area contributed by atoms with Gasteiger partial charge in [0, 0.05) is 0 Å². The van der Waals surface area contributed by atoms with Gasteiger partial charge in [0.05, 0.1) is 6.26 Å². The van der Waals surface area contributed by atoms with Gasteiger partial charge in [-0.3, -0.25) is 0 Å². The first-order valence-corrected chi connectivity index (χ1v) is 3.26. The highest BCUT2D eigenvalue weighted by Gasteiger charge is 2.07. The van der Waals surface area contributed by atoms with Crippen molar-refractivity contribution in [1.29, 1.82) is 0 Å². The third-order valence-electron chi connectivity index (χ3n) is 1.31. The zero-order valence-corrected chi connectivity index (χ0v) is 5.66. The van der Waals surface area contributed by atoms with E-state index in [1.54, 1.807) is 12.1 Å². The number of hydrogen-bond acceptors (Lipinski definition) is 3. The number of aliphatic hydroxyl groups excluding tert-OH is 1. The molecule has 0 amide bonds. The molecule has 10 heavy (non-hydrogen) atoms. The van der Waals surface area contributed by atoms with Crippen molar-refractivity contribution < 1.29 is 9.52 Å². The molecule has 0 fully saturated rings. The molecule has 0 saturated carbocycles. The SMILES string of the molecule is NCC[C@H](O)c1ccco1. The number of rotatable bonds is 3. The lowest BCUT2D eigenvalue weighted by Gasteiger charge is -2.03. The van der Waals surface area contributed by atoms with Gasteiger partial charge < -0.3 is 15.3 Å². The minimum atomic E-state index is -0.542. The molecule has 3 heteroatoms. The van der Waals surface area contributed by atoms with Gasteiger partial charge in [0.2, 0.25) is 0 Å². The first-order valence-electron chi connectivity index (χ1n) is 3.26. The summed E-state index contributed by atoms with van der Waals surface area (Å²) in [7, 11) is 0. The molecule has 0 spiro atoms. The van der Waals surface area contributed by atoms with Crippen molar-refractivity contribution in [2.24, 2.45) is 5.73 Å². The standard InChI is InChI=1S/C7H11NO2/c8-4-3-6(9)7-2-1-5-10-7/h1-2,5-6,9H,3-4,8H2/t6-/m0/s1. The summed E-state index contributed by atoms with van der Waals surface area (Å²) in [6.07, 6.45) is 1.54. The third kappa shape index (κ3) is 1.59. The molecule has 0 aromatic carbocycles. The predicted molar refractivity (Wildman–Crippen MR) is 37.3 cm³/mol. The second-order valence-corrected chi connectivity index (χ2v) is 2.11. The minimum Gasteiger partial charge on any atom is -0.467 e. The van der Waals surface area contributed by atoms with Crippen LogP contribution in [0.1, 0.15) is 18.3 Å². The van der Waals surface area contributed by atoms with Crippen molar-refractivity contribution in [2.75, 3.05) is 6.54 Å². The van der Waals surface area contributed by atoms with Gasteiger partial charge in [-0.15, -0.1) is 0 Å². The van der Waals surface area contributed by atoms with Gasteiger partial charge in [-0.25, -0.2) is 0 Å². The molecule has 0 radical (unpaired) electrons. The monoisotopic (exact) mass is 141 g/mol. The Morgan fingerprint density at radius 2 is 2.50 bits per heavy atom. The molecule has 0 unspecified atom stereocenters.